The summed E-state index contributed by atoms with van der Waals surface area (Å²) in [6.07, 6.45) is 4.01. The van der Waals surface area contributed by atoms with Crippen molar-refractivity contribution in [2.75, 3.05) is 30.8 Å². The van der Waals surface area contributed by atoms with Gasteiger partial charge < -0.3 is 20.6 Å². The SMILES string of the molecule is CN1CCC(c2nnc3c(NC(=O)Nc4ccccc4O)cccn23)CC1. The lowest BCUT2D eigenvalue weighted by molar-refractivity contribution is 0.250. The average molecular weight is 366 g/mol. The topological polar surface area (TPSA) is 94.8 Å². The zero-order valence-corrected chi connectivity index (χ0v) is 15.1. The van der Waals surface area contributed by atoms with Crippen molar-refractivity contribution >= 4 is 23.1 Å². The number of aromatic hydroxyl groups is 1. The predicted octanol–water partition coefficient (Wildman–Crippen LogP) is 2.89. The first kappa shape index (κ1) is 17.3. The molecule has 0 saturated carbocycles. The number of amides is 2. The molecule has 0 spiro atoms. The number of pyridine rings is 1. The first-order valence-electron chi connectivity index (χ1n) is 9.00. The van der Waals surface area contributed by atoms with E-state index in [4.69, 9.17) is 0 Å². The lowest BCUT2D eigenvalue weighted by atomic mass is 9.96. The highest BCUT2D eigenvalue weighted by Gasteiger charge is 2.23. The van der Waals surface area contributed by atoms with E-state index in [1.165, 1.54) is 6.07 Å². The molecule has 1 saturated heterocycles. The van der Waals surface area contributed by atoms with Gasteiger partial charge in [0.05, 0.1) is 11.4 Å². The van der Waals surface area contributed by atoms with Gasteiger partial charge in [0.25, 0.3) is 0 Å². The van der Waals surface area contributed by atoms with Crippen molar-refractivity contribution in [1.82, 2.24) is 19.5 Å². The standard InChI is InChI=1S/C19H22N6O2/c1-24-11-8-13(9-12-24)17-22-23-18-15(6-4-10-25(17)18)21-19(27)20-14-5-2-3-7-16(14)26/h2-7,10,13,26H,8-9,11-12H2,1H3,(H2,20,21,27). The van der Waals surface area contributed by atoms with Gasteiger partial charge in [0.15, 0.2) is 5.65 Å². The van der Waals surface area contributed by atoms with E-state index in [9.17, 15) is 9.90 Å². The highest BCUT2D eigenvalue weighted by molar-refractivity contribution is 6.02. The number of nitrogens with zero attached hydrogens (tertiary/aromatic N) is 4. The molecular formula is C19H22N6O2. The summed E-state index contributed by atoms with van der Waals surface area (Å²) < 4.78 is 1.95. The van der Waals surface area contributed by atoms with Crippen molar-refractivity contribution in [1.29, 1.82) is 0 Å². The van der Waals surface area contributed by atoms with Gasteiger partial charge in [-0.15, -0.1) is 10.2 Å². The normalized spacial score (nSPS) is 15.7. The summed E-state index contributed by atoms with van der Waals surface area (Å²) >= 11 is 0. The number of hydrogen-bond acceptors (Lipinski definition) is 5. The Morgan fingerprint density at radius 1 is 1.07 bits per heavy atom. The summed E-state index contributed by atoms with van der Waals surface area (Å²) in [6, 6.07) is 9.78. The first-order valence-corrected chi connectivity index (χ1v) is 9.00. The van der Waals surface area contributed by atoms with Crippen LogP contribution in [0.3, 0.4) is 0 Å². The van der Waals surface area contributed by atoms with E-state index in [2.05, 4.69) is 32.8 Å². The molecule has 1 fully saturated rings. The minimum Gasteiger partial charge on any atom is -0.506 e. The molecule has 2 aromatic heterocycles. The summed E-state index contributed by atoms with van der Waals surface area (Å²) in [5, 5.41) is 23.9. The number of urea groups is 1. The number of aromatic nitrogens is 3. The van der Waals surface area contributed by atoms with Crippen LogP contribution < -0.4 is 10.6 Å². The summed E-state index contributed by atoms with van der Waals surface area (Å²) in [6.45, 7) is 2.08. The van der Waals surface area contributed by atoms with Gasteiger partial charge in [0, 0.05) is 12.1 Å². The van der Waals surface area contributed by atoms with Crippen LogP contribution in [-0.4, -0.2) is 50.8 Å². The zero-order chi connectivity index (χ0) is 18.8. The zero-order valence-electron chi connectivity index (χ0n) is 15.1. The monoisotopic (exact) mass is 366 g/mol. The van der Waals surface area contributed by atoms with Crippen molar-refractivity contribution in [3.8, 4) is 5.75 Å². The third-order valence-corrected chi connectivity index (χ3v) is 4.95. The van der Waals surface area contributed by atoms with E-state index in [1.807, 2.05) is 16.7 Å². The molecule has 1 aliphatic rings. The lowest BCUT2D eigenvalue weighted by Gasteiger charge is -2.27. The molecule has 3 aromatic rings. The van der Waals surface area contributed by atoms with Crippen LogP contribution in [0, 0.1) is 0 Å². The van der Waals surface area contributed by atoms with E-state index in [0.717, 1.165) is 31.8 Å². The maximum atomic E-state index is 12.3. The molecule has 3 heterocycles. The van der Waals surface area contributed by atoms with Crippen LogP contribution in [0.1, 0.15) is 24.6 Å². The molecule has 27 heavy (non-hydrogen) atoms. The molecule has 0 unspecified atom stereocenters. The van der Waals surface area contributed by atoms with Crippen LogP contribution in [0.2, 0.25) is 0 Å². The van der Waals surface area contributed by atoms with Crippen molar-refractivity contribution in [3.05, 3.63) is 48.4 Å². The summed E-state index contributed by atoms with van der Waals surface area (Å²) in [5.74, 6) is 1.31. The highest BCUT2D eigenvalue weighted by Crippen LogP contribution is 2.28. The molecule has 140 valence electrons. The van der Waals surface area contributed by atoms with Gasteiger partial charge in [-0.3, -0.25) is 4.40 Å². The Morgan fingerprint density at radius 3 is 2.56 bits per heavy atom. The second-order valence-corrected chi connectivity index (χ2v) is 6.85. The smallest absolute Gasteiger partial charge is 0.323 e. The van der Waals surface area contributed by atoms with Gasteiger partial charge >= 0.3 is 6.03 Å². The van der Waals surface area contributed by atoms with Crippen LogP contribution in [0.4, 0.5) is 16.2 Å². The van der Waals surface area contributed by atoms with Crippen LogP contribution in [0.15, 0.2) is 42.6 Å². The van der Waals surface area contributed by atoms with Crippen LogP contribution in [0.25, 0.3) is 5.65 Å². The summed E-state index contributed by atoms with van der Waals surface area (Å²) in [5.41, 5.74) is 1.52. The molecule has 0 aliphatic carbocycles. The number of para-hydroxylation sites is 2. The highest BCUT2D eigenvalue weighted by atomic mass is 16.3. The van der Waals surface area contributed by atoms with Gasteiger partial charge in [-0.25, -0.2) is 4.79 Å². The summed E-state index contributed by atoms with van der Waals surface area (Å²) in [7, 11) is 2.13. The predicted molar refractivity (Wildman–Crippen MR) is 103 cm³/mol. The number of carbonyl (C=O) groups is 1. The molecule has 2 amide bonds. The number of benzene rings is 1. The van der Waals surface area contributed by atoms with Crippen LogP contribution in [-0.2, 0) is 0 Å². The first-order chi connectivity index (χ1) is 13.1. The van der Waals surface area contributed by atoms with E-state index < -0.39 is 6.03 Å². The Labute approximate surface area is 156 Å². The molecule has 1 aliphatic heterocycles. The second kappa shape index (κ2) is 7.24. The molecule has 8 nitrogen and oxygen atoms in total. The van der Waals surface area contributed by atoms with E-state index >= 15 is 0 Å². The van der Waals surface area contributed by atoms with Crippen molar-refractivity contribution in [3.63, 3.8) is 0 Å². The number of carbonyl (C=O) groups excluding carboxylic acids is 1. The number of anilines is 2. The van der Waals surface area contributed by atoms with Crippen LogP contribution in [0.5, 0.6) is 5.75 Å². The number of hydrogen-bond donors (Lipinski definition) is 3. The number of phenolic OH excluding ortho intramolecular Hbond substituents is 1. The van der Waals surface area contributed by atoms with Gasteiger partial charge in [-0.2, -0.15) is 0 Å². The van der Waals surface area contributed by atoms with Gasteiger partial charge in [-0.1, -0.05) is 12.1 Å². The lowest BCUT2D eigenvalue weighted by Crippen LogP contribution is -2.30. The summed E-state index contributed by atoms with van der Waals surface area (Å²) in [4.78, 5) is 14.6. The van der Waals surface area contributed by atoms with Crippen molar-refractivity contribution in [2.45, 2.75) is 18.8 Å². The van der Waals surface area contributed by atoms with Gasteiger partial charge in [0.2, 0.25) is 0 Å². The Morgan fingerprint density at radius 2 is 1.78 bits per heavy atom. The number of phenols is 1. The number of likely N-dealkylation sites (tertiary alicyclic amines) is 1. The Balaban J connectivity index is 1.54. The molecule has 1 aromatic carbocycles. The average Bonchev–Trinajstić information content (AvgIpc) is 3.09. The Bertz CT molecular complexity index is 962. The second-order valence-electron chi connectivity index (χ2n) is 6.85. The van der Waals surface area contributed by atoms with Crippen molar-refractivity contribution in [2.24, 2.45) is 0 Å². The molecule has 8 heteroatoms. The quantitative estimate of drug-likeness (QED) is 0.620. The molecule has 0 radical (unpaired) electrons. The maximum Gasteiger partial charge on any atom is 0.323 e. The fourth-order valence-corrected chi connectivity index (χ4v) is 3.43. The molecule has 0 bridgehead atoms. The van der Waals surface area contributed by atoms with E-state index in [0.29, 0.717) is 22.9 Å². The van der Waals surface area contributed by atoms with E-state index in [-0.39, 0.29) is 5.75 Å². The molecule has 4 rings (SSSR count). The van der Waals surface area contributed by atoms with Gasteiger partial charge in [0.1, 0.15) is 11.6 Å². The number of rotatable bonds is 3. The largest absolute Gasteiger partial charge is 0.506 e. The third-order valence-electron chi connectivity index (χ3n) is 4.95. The number of piperidine rings is 1. The minimum absolute atomic E-state index is 0.0119. The fraction of sp³-hybridized carbons (Fsp3) is 0.316. The fourth-order valence-electron chi connectivity index (χ4n) is 3.43. The maximum absolute atomic E-state index is 12.3. The van der Waals surface area contributed by atoms with E-state index in [1.54, 1.807) is 24.3 Å². The number of nitrogens with one attached hydrogen (secondary N) is 2. The third kappa shape index (κ3) is 3.56. The Kier molecular flexibility index (Phi) is 4.64. The minimum atomic E-state index is -0.451. The van der Waals surface area contributed by atoms with Gasteiger partial charge in [-0.05, 0) is 57.2 Å². The van der Waals surface area contributed by atoms with Crippen molar-refractivity contribution < 1.29 is 9.90 Å². The molecule has 0 atom stereocenters. The molecule has 3 N–H and O–H groups in total. The number of fused-ring (bicyclic) bond motifs is 1. The van der Waals surface area contributed by atoms with Crippen LogP contribution >= 0.6 is 0 Å². The Hall–Kier alpha value is -3.13. The molecular weight excluding hydrogens is 344 g/mol.